The standard InChI is InChI=1S/C18H27N3O3S/c1-18(2,3)16(22)21-11-9-14(10-12-21)20-17(23)19-13-5-7-15(8-6-13)25(4)24/h5-8,14H,9-12H2,1-4H3,(H2,19,20,23). The summed E-state index contributed by atoms with van der Waals surface area (Å²) in [6.07, 6.45) is 3.12. The van der Waals surface area contributed by atoms with Crippen LogP contribution in [0.3, 0.4) is 0 Å². The fourth-order valence-corrected chi connectivity index (χ4v) is 3.30. The first-order valence-corrected chi connectivity index (χ1v) is 10.0. The Kier molecular flexibility index (Phi) is 6.35. The smallest absolute Gasteiger partial charge is 0.319 e. The third kappa shape index (κ3) is 5.64. The third-order valence-electron chi connectivity index (χ3n) is 4.20. The lowest BCUT2D eigenvalue weighted by molar-refractivity contribution is -0.140. The van der Waals surface area contributed by atoms with Crippen LogP contribution in [0.5, 0.6) is 0 Å². The zero-order valence-corrected chi connectivity index (χ0v) is 16.1. The number of nitrogens with zero attached hydrogens (tertiary/aromatic N) is 1. The van der Waals surface area contributed by atoms with E-state index >= 15 is 0 Å². The summed E-state index contributed by atoms with van der Waals surface area (Å²) in [5.74, 6) is 0.156. The Balaban J connectivity index is 1.79. The van der Waals surface area contributed by atoms with Crippen LogP contribution in [0.2, 0.25) is 0 Å². The van der Waals surface area contributed by atoms with Gasteiger partial charge in [0, 0.05) is 30.2 Å². The van der Waals surface area contributed by atoms with Gasteiger partial charge >= 0.3 is 6.03 Å². The van der Waals surface area contributed by atoms with E-state index in [0.717, 1.165) is 17.7 Å². The lowest BCUT2D eigenvalue weighted by Crippen LogP contribution is -2.49. The number of carbonyl (C=O) groups excluding carboxylic acids is 2. The van der Waals surface area contributed by atoms with Crippen LogP contribution in [-0.2, 0) is 16.0 Å². The Morgan fingerprint density at radius 1 is 1.16 bits per heavy atom. The van der Waals surface area contributed by atoms with Gasteiger partial charge in [0.25, 0.3) is 0 Å². The number of hydrogen-bond donors (Lipinski definition) is 2. The maximum atomic E-state index is 12.3. The second kappa shape index (κ2) is 8.10. The van der Waals surface area contributed by atoms with Gasteiger partial charge in [0.05, 0.1) is 0 Å². The monoisotopic (exact) mass is 365 g/mol. The summed E-state index contributed by atoms with van der Waals surface area (Å²) in [7, 11) is 0. The van der Waals surface area contributed by atoms with E-state index in [1.165, 1.54) is 0 Å². The Hall–Kier alpha value is -1.73. The van der Waals surface area contributed by atoms with Crippen LogP contribution in [0.15, 0.2) is 29.2 Å². The molecule has 0 aromatic heterocycles. The number of piperidine rings is 1. The van der Waals surface area contributed by atoms with Gasteiger partial charge in [-0.2, -0.15) is 0 Å². The summed E-state index contributed by atoms with van der Waals surface area (Å²) in [5, 5.41) is 5.74. The maximum absolute atomic E-state index is 12.3. The number of amides is 3. The van der Waals surface area contributed by atoms with Crippen molar-refractivity contribution in [1.29, 1.82) is 0 Å². The number of rotatable bonds is 3. The highest BCUT2D eigenvalue weighted by Gasteiger charge is 2.30. The second-order valence-electron chi connectivity index (χ2n) is 7.39. The first kappa shape index (κ1) is 19.6. The summed E-state index contributed by atoms with van der Waals surface area (Å²) in [4.78, 5) is 27.0. The first-order valence-electron chi connectivity index (χ1n) is 8.47. The van der Waals surface area contributed by atoms with E-state index < -0.39 is 11.2 Å². The fraction of sp³-hybridized carbons (Fsp3) is 0.556. The van der Waals surface area contributed by atoms with Crippen molar-refractivity contribution < 1.29 is 14.1 Å². The summed E-state index contributed by atoms with van der Waals surface area (Å²) in [6.45, 7) is 7.10. The molecule has 0 radical (unpaired) electrons. The molecule has 1 heterocycles. The van der Waals surface area contributed by atoms with Gasteiger partial charge in [-0.3, -0.25) is 4.79 Å². The number of benzene rings is 1. The molecular weight excluding hydrogens is 338 g/mol. The summed E-state index contributed by atoms with van der Waals surface area (Å²) in [5.41, 5.74) is 0.290. The Morgan fingerprint density at radius 2 is 1.72 bits per heavy atom. The Labute approximate surface area is 152 Å². The van der Waals surface area contributed by atoms with E-state index in [1.54, 1.807) is 30.5 Å². The number of likely N-dealkylation sites (tertiary alicyclic amines) is 1. The molecule has 25 heavy (non-hydrogen) atoms. The lowest BCUT2D eigenvalue weighted by atomic mass is 9.93. The van der Waals surface area contributed by atoms with Crippen LogP contribution >= 0.6 is 0 Å². The lowest BCUT2D eigenvalue weighted by Gasteiger charge is -2.35. The maximum Gasteiger partial charge on any atom is 0.319 e. The highest BCUT2D eigenvalue weighted by molar-refractivity contribution is 7.90. The van der Waals surface area contributed by atoms with Gasteiger partial charge in [-0.25, -0.2) is 4.79 Å². The van der Waals surface area contributed by atoms with E-state index in [4.69, 9.17) is 0 Å². The minimum Gasteiger partial charge on any atom is -0.612 e. The molecule has 0 spiro atoms. The number of hydrogen-bond acceptors (Lipinski definition) is 3. The van der Waals surface area contributed by atoms with Gasteiger partial charge in [0.2, 0.25) is 5.91 Å². The zero-order valence-electron chi connectivity index (χ0n) is 15.3. The predicted molar refractivity (Wildman–Crippen MR) is 100.0 cm³/mol. The normalized spacial score (nSPS) is 17.1. The highest BCUT2D eigenvalue weighted by atomic mass is 32.2. The molecule has 1 atom stereocenters. The molecule has 1 fully saturated rings. The van der Waals surface area contributed by atoms with Crippen LogP contribution in [0.4, 0.5) is 10.5 Å². The van der Waals surface area contributed by atoms with Crippen molar-refractivity contribution in [3.05, 3.63) is 24.3 Å². The fourth-order valence-electron chi connectivity index (χ4n) is 2.78. The quantitative estimate of drug-likeness (QED) is 0.808. The van der Waals surface area contributed by atoms with Gasteiger partial charge in [-0.15, -0.1) is 0 Å². The van der Waals surface area contributed by atoms with Crippen LogP contribution in [0, 0.1) is 5.41 Å². The first-order chi connectivity index (χ1) is 11.7. The molecule has 0 saturated carbocycles. The van der Waals surface area contributed by atoms with E-state index in [1.807, 2.05) is 25.7 Å². The van der Waals surface area contributed by atoms with Crippen LogP contribution in [-0.4, -0.2) is 46.8 Å². The topological polar surface area (TPSA) is 84.5 Å². The number of anilines is 1. The van der Waals surface area contributed by atoms with E-state index in [-0.39, 0.29) is 23.4 Å². The van der Waals surface area contributed by atoms with Crippen molar-refractivity contribution in [2.75, 3.05) is 24.7 Å². The molecule has 2 rings (SSSR count). The molecule has 138 valence electrons. The van der Waals surface area contributed by atoms with E-state index in [9.17, 15) is 14.1 Å². The summed E-state index contributed by atoms with van der Waals surface area (Å²) >= 11 is -1.03. The minimum absolute atomic E-state index is 0.0615. The van der Waals surface area contributed by atoms with Crippen molar-refractivity contribution in [1.82, 2.24) is 10.2 Å². The molecule has 1 aromatic carbocycles. The van der Waals surface area contributed by atoms with Gasteiger partial charge in [-0.05, 0) is 48.3 Å². The average Bonchev–Trinajstić information content (AvgIpc) is 2.54. The molecule has 1 aliphatic rings. The van der Waals surface area contributed by atoms with Gasteiger partial charge < -0.3 is 20.1 Å². The molecule has 1 unspecified atom stereocenters. The highest BCUT2D eigenvalue weighted by Crippen LogP contribution is 2.21. The molecule has 1 aromatic rings. The molecule has 1 aliphatic heterocycles. The molecule has 2 N–H and O–H groups in total. The zero-order chi connectivity index (χ0) is 18.6. The molecular formula is C18H27N3O3S. The van der Waals surface area contributed by atoms with Crippen LogP contribution in [0.25, 0.3) is 0 Å². The molecule has 0 aliphatic carbocycles. The molecule has 0 bridgehead atoms. The average molecular weight is 365 g/mol. The molecule has 6 nitrogen and oxygen atoms in total. The Morgan fingerprint density at radius 3 is 2.20 bits per heavy atom. The van der Waals surface area contributed by atoms with Crippen molar-refractivity contribution >= 4 is 28.8 Å². The van der Waals surface area contributed by atoms with Crippen molar-refractivity contribution in [3.8, 4) is 0 Å². The number of carbonyl (C=O) groups is 2. The van der Waals surface area contributed by atoms with Crippen LogP contribution in [0.1, 0.15) is 33.6 Å². The number of urea groups is 1. The van der Waals surface area contributed by atoms with Gasteiger partial charge in [0.15, 0.2) is 4.90 Å². The molecule has 7 heteroatoms. The SMILES string of the molecule is C[S+]([O-])c1ccc(NC(=O)NC2CCN(C(=O)C(C)(C)C)CC2)cc1. The second-order valence-corrected chi connectivity index (χ2v) is 8.77. The summed E-state index contributed by atoms with van der Waals surface area (Å²) in [6, 6.07) is 6.75. The Bertz CT molecular complexity index is 603. The summed E-state index contributed by atoms with van der Waals surface area (Å²) < 4.78 is 11.4. The van der Waals surface area contributed by atoms with E-state index in [2.05, 4.69) is 10.6 Å². The third-order valence-corrected chi connectivity index (χ3v) is 5.14. The van der Waals surface area contributed by atoms with Crippen molar-refractivity contribution in [2.24, 2.45) is 5.41 Å². The minimum atomic E-state index is -1.03. The van der Waals surface area contributed by atoms with Gasteiger partial charge in [-0.1, -0.05) is 20.8 Å². The molecule has 3 amide bonds. The van der Waals surface area contributed by atoms with Gasteiger partial charge in [0.1, 0.15) is 6.26 Å². The number of nitrogens with one attached hydrogen (secondary N) is 2. The van der Waals surface area contributed by atoms with Crippen molar-refractivity contribution in [2.45, 2.75) is 44.6 Å². The van der Waals surface area contributed by atoms with E-state index in [0.29, 0.717) is 18.8 Å². The largest absolute Gasteiger partial charge is 0.612 e. The van der Waals surface area contributed by atoms with Crippen LogP contribution < -0.4 is 10.6 Å². The van der Waals surface area contributed by atoms with Crippen molar-refractivity contribution in [3.63, 3.8) is 0 Å². The predicted octanol–water partition coefficient (Wildman–Crippen LogP) is 2.58. The molecule has 1 saturated heterocycles.